The van der Waals surface area contributed by atoms with Gasteiger partial charge >= 0.3 is 0 Å². The molecular formula is C23H30F2N2O2. The summed E-state index contributed by atoms with van der Waals surface area (Å²) in [5.74, 6) is -1.91. The minimum Gasteiger partial charge on any atom is -0.490 e. The van der Waals surface area contributed by atoms with Crippen molar-refractivity contribution in [2.75, 3.05) is 11.9 Å². The summed E-state index contributed by atoms with van der Waals surface area (Å²) in [6, 6.07) is 7.73. The Balaban J connectivity index is 1.92. The van der Waals surface area contributed by atoms with Gasteiger partial charge in [0.25, 0.3) is 5.56 Å². The second-order valence-electron chi connectivity index (χ2n) is 7.99. The van der Waals surface area contributed by atoms with E-state index >= 15 is 0 Å². The van der Waals surface area contributed by atoms with E-state index in [1.165, 1.54) is 0 Å². The van der Waals surface area contributed by atoms with Gasteiger partial charge in [-0.1, -0.05) is 13.3 Å². The van der Waals surface area contributed by atoms with Crippen molar-refractivity contribution in [2.24, 2.45) is 7.05 Å². The Hall–Kier alpha value is -2.37. The minimum atomic E-state index is -2.58. The number of nitrogens with zero attached hydrogens (tertiary/aromatic N) is 1. The fourth-order valence-corrected chi connectivity index (χ4v) is 3.71. The van der Waals surface area contributed by atoms with Crippen molar-refractivity contribution in [2.45, 2.75) is 64.4 Å². The number of benzene rings is 1. The minimum absolute atomic E-state index is 0.0389. The van der Waals surface area contributed by atoms with Gasteiger partial charge in [-0.15, -0.1) is 0 Å². The fourth-order valence-electron chi connectivity index (χ4n) is 3.71. The van der Waals surface area contributed by atoms with E-state index in [2.05, 4.69) is 12.2 Å². The van der Waals surface area contributed by atoms with Gasteiger partial charge in [0.15, 0.2) is 0 Å². The van der Waals surface area contributed by atoms with E-state index in [1.807, 2.05) is 24.3 Å². The molecule has 0 atom stereocenters. The summed E-state index contributed by atoms with van der Waals surface area (Å²) in [6.45, 7) is 4.81. The standard InChI is InChI=1S/C23H30F2N2O2/c1-4-5-12-26-18-6-7-21(29-19-8-10-23(24,25)11-9-19)20(14-18)17-13-16(2)22(28)27(3)15-17/h6-7,13-15,19,26H,4-5,8-12H2,1-3H3. The van der Waals surface area contributed by atoms with Crippen LogP contribution in [0.1, 0.15) is 51.0 Å². The van der Waals surface area contributed by atoms with Crippen LogP contribution in [0.3, 0.4) is 0 Å². The van der Waals surface area contributed by atoms with Crippen molar-refractivity contribution in [3.8, 4) is 16.9 Å². The largest absolute Gasteiger partial charge is 0.490 e. The number of pyridine rings is 1. The lowest BCUT2D eigenvalue weighted by molar-refractivity contribution is -0.0581. The molecule has 0 unspecified atom stereocenters. The van der Waals surface area contributed by atoms with Crippen molar-refractivity contribution < 1.29 is 13.5 Å². The zero-order valence-corrected chi connectivity index (χ0v) is 17.4. The van der Waals surface area contributed by atoms with Crippen LogP contribution in [0.15, 0.2) is 35.3 Å². The summed E-state index contributed by atoms with van der Waals surface area (Å²) in [7, 11) is 1.73. The monoisotopic (exact) mass is 404 g/mol. The molecular weight excluding hydrogens is 374 g/mol. The SMILES string of the molecule is CCCCNc1ccc(OC2CCC(F)(F)CC2)c(-c2cc(C)c(=O)n(C)c2)c1. The number of hydrogen-bond donors (Lipinski definition) is 1. The molecule has 0 spiro atoms. The maximum atomic E-state index is 13.5. The van der Waals surface area contributed by atoms with Gasteiger partial charge in [0.05, 0.1) is 6.10 Å². The maximum absolute atomic E-state index is 13.5. The first-order valence-corrected chi connectivity index (χ1v) is 10.4. The average molecular weight is 405 g/mol. The molecule has 0 radical (unpaired) electrons. The van der Waals surface area contributed by atoms with Crippen LogP contribution in [-0.4, -0.2) is 23.1 Å². The van der Waals surface area contributed by atoms with Crippen LogP contribution < -0.4 is 15.6 Å². The zero-order valence-electron chi connectivity index (χ0n) is 17.4. The third-order valence-corrected chi connectivity index (χ3v) is 5.47. The van der Waals surface area contributed by atoms with Crippen molar-refractivity contribution in [3.05, 3.63) is 46.4 Å². The molecule has 1 N–H and O–H groups in total. The zero-order chi connectivity index (χ0) is 21.0. The van der Waals surface area contributed by atoms with Crippen LogP contribution in [0.25, 0.3) is 11.1 Å². The molecule has 29 heavy (non-hydrogen) atoms. The highest BCUT2D eigenvalue weighted by Gasteiger charge is 2.36. The molecule has 1 heterocycles. The van der Waals surface area contributed by atoms with Crippen LogP contribution in [0.5, 0.6) is 5.75 Å². The molecule has 1 aliphatic carbocycles. The molecule has 1 aromatic carbocycles. The summed E-state index contributed by atoms with van der Waals surface area (Å²) in [4.78, 5) is 12.1. The second kappa shape index (κ2) is 8.97. The Labute approximate surface area is 170 Å². The topological polar surface area (TPSA) is 43.3 Å². The highest BCUT2D eigenvalue weighted by atomic mass is 19.3. The Morgan fingerprint density at radius 2 is 1.97 bits per heavy atom. The van der Waals surface area contributed by atoms with Gasteiger partial charge in [-0.25, -0.2) is 8.78 Å². The molecule has 4 nitrogen and oxygen atoms in total. The van der Waals surface area contributed by atoms with Crippen LogP contribution >= 0.6 is 0 Å². The highest BCUT2D eigenvalue weighted by Crippen LogP contribution is 2.38. The smallest absolute Gasteiger partial charge is 0.253 e. The molecule has 0 aliphatic heterocycles. The average Bonchev–Trinajstić information content (AvgIpc) is 2.68. The molecule has 1 aromatic heterocycles. The molecule has 0 bridgehead atoms. The number of anilines is 1. The molecule has 3 rings (SSSR count). The molecule has 158 valence electrons. The van der Waals surface area contributed by atoms with E-state index in [0.717, 1.165) is 36.2 Å². The van der Waals surface area contributed by atoms with Gasteiger partial charge in [-0.2, -0.15) is 0 Å². The normalized spacial score (nSPS) is 16.6. The number of unbranched alkanes of at least 4 members (excludes halogenated alkanes) is 1. The van der Waals surface area contributed by atoms with Gasteiger partial charge in [-0.3, -0.25) is 4.79 Å². The van der Waals surface area contributed by atoms with Gasteiger partial charge in [-0.05, 0) is 50.5 Å². The third-order valence-electron chi connectivity index (χ3n) is 5.47. The predicted octanol–water partition coefficient (Wildman–Crippen LogP) is 5.53. The van der Waals surface area contributed by atoms with Crippen molar-refractivity contribution in [1.82, 2.24) is 4.57 Å². The number of hydrogen-bond acceptors (Lipinski definition) is 3. The van der Waals surface area contributed by atoms with Crippen LogP contribution in [0, 0.1) is 6.92 Å². The van der Waals surface area contributed by atoms with Gasteiger partial charge in [0.2, 0.25) is 5.92 Å². The van der Waals surface area contributed by atoms with E-state index in [-0.39, 0.29) is 24.5 Å². The van der Waals surface area contributed by atoms with Crippen LogP contribution in [0.2, 0.25) is 0 Å². The lowest BCUT2D eigenvalue weighted by Gasteiger charge is -2.29. The van der Waals surface area contributed by atoms with Crippen LogP contribution in [0.4, 0.5) is 14.5 Å². The molecule has 0 saturated heterocycles. The summed E-state index contributed by atoms with van der Waals surface area (Å²) in [5.41, 5.74) is 3.32. The summed E-state index contributed by atoms with van der Waals surface area (Å²) in [6.07, 6.45) is 4.16. The van der Waals surface area contributed by atoms with Gasteiger partial charge in [0.1, 0.15) is 5.75 Å². The quantitative estimate of drug-likeness (QED) is 0.617. The Morgan fingerprint density at radius 1 is 1.24 bits per heavy atom. The number of halogens is 2. The number of alkyl halides is 2. The molecule has 1 aliphatic rings. The van der Waals surface area contributed by atoms with Crippen molar-refractivity contribution in [3.63, 3.8) is 0 Å². The molecule has 1 saturated carbocycles. The van der Waals surface area contributed by atoms with Crippen molar-refractivity contribution >= 4 is 5.69 Å². The second-order valence-corrected chi connectivity index (χ2v) is 7.99. The fraction of sp³-hybridized carbons (Fsp3) is 0.522. The van der Waals surface area contributed by atoms with E-state index < -0.39 is 5.92 Å². The number of rotatable bonds is 7. The van der Waals surface area contributed by atoms with Gasteiger partial charge < -0.3 is 14.6 Å². The van der Waals surface area contributed by atoms with Crippen molar-refractivity contribution in [1.29, 1.82) is 0 Å². The number of nitrogens with one attached hydrogen (secondary N) is 1. The Morgan fingerprint density at radius 3 is 2.62 bits per heavy atom. The lowest BCUT2D eigenvalue weighted by atomic mass is 9.94. The Bertz CT molecular complexity index is 872. The number of aryl methyl sites for hydroxylation is 2. The summed E-state index contributed by atoms with van der Waals surface area (Å²) >= 11 is 0. The molecule has 1 fully saturated rings. The highest BCUT2D eigenvalue weighted by molar-refractivity contribution is 5.74. The summed E-state index contributed by atoms with van der Waals surface area (Å²) < 4.78 is 34.7. The van der Waals surface area contributed by atoms with Gasteiger partial charge in [0, 0.05) is 55.0 Å². The Kier molecular flexibility index (Phi) is 6.60. The first-order valence-electron chi connectivity index (χ1n) is 10.4. The van der Waals surface area contributed by atoms with E-state index in [9.17, 15) is 13.6 Å². The lowest BCUT2D eigenvalue weighted by Crippen LogP contribution is -2.30. The maximum Gasteiger partial charge on any atom is 0.253 e. The molecule has 6 heteroatoms. The van der Waals surface area contributed by atoms with Crippen LogP contribution in [-0.2, 0) is 7.05 Å². The van der Waals surface area contributed by atoms with E-state index in [1.54, 1.807) is 24.7 Å². The summed E-state index contributed by atoms with van der Waals surface area (Å²) in [5, 5.41) is 3.41. The molecule has 0 amide bonds. The number of aromatic nitrogens is 1. The number of ether oxygens (including phenoxy) is 1. The first-order chi connectivity index (χ1) is 13.8. The first kappa shape index (κ1) is 21.3. The van der Waals surface area contributed by atoms with E-state index in [4.69, 9.17) is 4.74 Å². The third kappa shape index (κ3) is 5.37. The van der Waals surface area contributed by atoms with E-state index in [0.29, 0.717) is 24.2 Å². The molecule has 2 aromatic rings. The predicted molar refractivity (Wildman–Crippen MR) is 113 cm³/mol.